The maximum absolute atomic E-state index is 4.40. The van der Waals surface area contributed by atoms with Crippen molar-refractivity contribution in [1.29, 1.82) is 0 Å². The average Bonchev–Trinajstić information content (AvgIpc) is 2.29. The lowest BCUT2D eigenvalue weighted by Crippen LogP contribution is -2.22. The Morgan fingerprint density at radius 2 is 2.21 bits per heavy atom. The van der Waals surface area contributed by atoms with Crippen LogP contribution in [0.2, 0.25) is 0 Å². The van der Waals surface area contributed by atoms with Gasteiger partial charge in [0, 0.05) is 31.2 Å². The van der Waals surface area contributed by atoms with Crippen molar-refractivity contribution < 1.29 is 0 Å². The van der Waals surface area contributed by atoms with Gasteiger partial charge in [0.1, 0.15) is 0 Å². The zero-order valence-corrected chi connectivity index (χ0v) is 8.76. The number of aromatic nitrogens is 1. The van der Waals surface area contributed by atoms with Crippen molar-refractivity contribution in [3.05, 3.63) is 30.1 Å². The maximum atomic E-state index is 4.40. The Morgan fingerprint density at radius 3 is 2.93 bits per heavy atom. The SMILES string of the molecule is c1cc(CNC2=NCCCS2)ccn1. The molecule has 2 heterocycles. The Hall–Kier alpha value is -1.03. The van der Waals surface area contributed by atoms with E-state index in [4.69, 9.17) is 0 Å². The molecule has 1 aliphatic heterocycles. The Labute approximate surface area is 88.0 Å². The number of nitrogens with zero attached hydrogens (tertiary/aromatic N) is 2. The molecule has 3 nitrogen and oxygen atoms in total. The molecule has 74 valence electrons. The minimum absolute atomic E-state index is 0.842. The predicted octanol–water partition coefficient (Wildman–Crippen LogP) is 1.66. The topological polar surface area (TPSA) is 37.3 Å². The van der Waals surface area contributed by atoms with E-state index in [1.54, 1.807) is 11.8 Å². The highest BCUT2D eigenvalue weighted by Crippen LogP contribution is 2.10. The summed E-state index contributed by atoms with van der Waals surface area (Å²) < 4.78 is 0. The molecule has 0 bridgehead atoms. The quantitative estimate of drug-likeness (QED) is 0.801. The third-order valence-corrected chi connectivity index (χ3v) is 3.03. The molecule has 0 fully saturated rings. The van der Waals surface area contributed by atoms with E-state index in [0.29, 0.717) is 0 Å². The van der Waals surface area contributed by atoms with Gasteiger partial charge in [0.25, 0.3) is 0 Å². The first-order valence-corrected chi connectivity index (χ1v) is 5.74. The summed E-state index contributed by atoms with van der Waals surface area (Å²) in [5, 5.41) is 4.40. The molecule has 0 aromatic carbocycles. The molecule has 0 aliphatic carbocycles. The van der Waals surface area contributed by atoms with Crippen molar-refractivity contribution in [3.63, 3.8) is 0 Å². The molecule has 0 spiro atoms. The zero-order chi connectivity index (χ0) is 9.64. The second kappa shape index (κ2) is 5.00. The third-order valence-electron chi connectivity index (χ3n) is 1.99. The van der Waals surface area contributed by atoms with Crippen molar-refractivity contribution >= 4 is 16.9 Å². The molecule has 0 amide bonds. The predicted molar refractivity (Wildman–Crippen MR) is 60.5 cm³/mol. The van der Waals surface area contributed by atoms with Crippen molar-refractivity contribution in [1.82, 2.24) is 10.3 Å². The number of amidine groups is 1. The Morgan fingerprint density at radius 1 is 1.36 bits per heavy atom. The minimum Gasteiger partial charge on any atom is -0.361 e. The zero-order valence-electron chi connectivity index (χ0n) is 7.94. The van der Waals surface area contributed by atoms with Crippen LogP contribution in [0, 0.1) is 0 Å². The fourth-order valence-corrected chi connectivity index (χ4v) is 2.07. The van der Waals surface area contributed by atoms with Gasteiger partial charge in [0.15, 0.2) is 5.17 Å². The molecule has 2 rings (SSSR count). The number of hydrogen-bond acceptors (Lipinski definition) is 4. The summed E-state index contributed by atoms with van der Waals surface area (Å²) in [5.41, 5.74) is 1.24. The second-order valence-corrected chi connectivity index (χ2v) is 4.18. The van der Waals surface area contributed by atoms with Crippen molar-refractivity contribution in [2.45, 2.75) is 13.0 Å². The lowest BCUT2D eigenvalue weighted by Gasteiger charge is -2.12. The summed E-state index contributed by atoms with van der Waals surface area (Å²) in [6, 6.07) is 4.03. The van der Waals surface area contributed by atoms with Crippen LogP contribution < -0.4 is 5.32 Å². The van der Waals surface area contributed by atoms with Gasteiger partial charge in [-0.1, -0.05) is 11.8 Å². The van der Waals surface area contributed by atoms with Gasteiger partial charge in [-0.15, -0.1) is 0 Å². The molecule has 1 N–H and O–H groups in total. The van der Waals surface area contributed by atoms with Crippen LogP contribution in [0.25, 0.3) is 0 Å². The van der Waals surface area contributed by atoms with E-state index in [-0.39, 0.29) is 0 Å². The maximum Gasteiger partial charge on any atom is 0.156 e. The summed E-state index contributed by atoms with van der Waals surface area (Å²) in [5.74, 6) is 1.18. The van der Waals surface area contributed by atoms with Gasteiger partial charge in [0.2, 0.25) is 0 Å². The molecule has 0 unspecified atom stereocenters. The van der Waals surface area contributed by atoms with E-state index in [1.165, 1.54) is 17.7 Å². The van der Waals surface area contributed by atoms with Gasteiger partial charge < -0.3 is 5.32 Å². The molecule has 4 heteroatoms. The first-order chi connectivity index (χ1) is 6.95. The molecular weight excluding hydrogens is 194 g/mol. The molecule has 1 aliphatic rings. The van der Waals surface area contributed by atoms with E-state index in [2.05, 4.69) is 15.3 Å². The monoisotopic (exact) mass is 207 g/mol. The number of aliphatic imine (C=N–C) groups is 1. The second-order valence-electron chi connectivity index (χ2n) is 3.10. The van der Waals surface area contributed by atoms with Gasteiger partial charge in [0.05, 0.1) is 0 Å². The lowest BCUT2D eigenvalue weighted by molar-refractivity contribution is 0.879. The van der Waals surface area contributed by atoms with Crippen LogP contribution in [0.3, 0.4) is 0 Å². The Kier molecular flexibility index (Phi) is 3.40. The molecular formula is C10H13N3S. The van der Waals surface area contributed by atoms with Crippen LogP contribution in [0.15, 0.2) is 29.5 Å². The Balaban J connectivity index is 1.85. The fourth-order valence-electron chi connectivity index (χ4n) is 1.24. The fraction of sp³-hybridized carbons (Fsp3) is 0.400. The van der Waals surface area contributed by atoms with E-state index in [1.807, 2.05) is 24.5 Å². The largest absolute Gasteiger partial charge is 0.361 e. The minimum atomic E-state index is 0.842. The van der Waals surface area contributed by atoms with Gasteiger partial charge in [-0.25, -0.2) is 0 Å². The number of thioether (sulfide) groups is 1. The van der Waals surface area contributed by atoms with Gasteiger partial charge in [-0.3, -0.25) is 9.98 Å². The van der Waals surface area contributed by atoms with Gasteiger partial charge >= 0.3 is 0 Å². The normalized spacial score (nSPS) is 16.1. The number of hydrogen-bond donors (Lipinski definition) is 1. The number of pyridine rings is 1. The van der Waals surface area contributed by atoms with E-state index in [9.17, 15) is 0 Å². The lowest BCUT2D eigenvalue weighted by atomic mass is 10.3. The third kappa shape index (κ3) is 2.73. The van der Waals surface area contributed by atoms with Gasteiger partial charge in [-0.2, -0.15) is 0 Å². The summed E-state index contributed by atoms with van der Waals surface area (Å²) in [4.78, 5) is 8.37. The van der Waals surface area contributed by atoms with Crippen LogP contribution in [0.4, 0.5) is 0 Å². The van der Waals surface area contributed by atoms with Crippen LogP contribution in [0.1, 0.15) is 12.0 Å². The smallest absolute Gasteiger partial charge is 0.156 e. The molecule has 0 saturated carbocycles. The Bertz CT molecular complexity index is 310. The highest BCUT2D eigenvalue weighted by molar-refractivity contribution is 8.13. The molecule has 0 saturated heterocycles. The summed E-state index contributed by atoms with van der Waals surface area (Å²) in [7, 11) is 0. The van der Waals surface area contributed by atoms with Crippen LogP contribution in [0.5, 0.6) is 0 Å². The van der Waals surface area contributed by atoms with E-state index >= 15 is 0 Å². The summed E-state index contributed by atoms with van der Waals surface area (Å²) in [6.07, 6.45) is 4.82. The highest BCUT2D eigenvalue weighted by atomic mass is 32.2. The first-order valence-electron chi connectivity index (χ1n) is 4.75. The van der Waals surface area contributed by atoms with Crippen LogP contribution in [-0.4, -0.2) is 22.4 Å². The number of nitrogens with one attached hydrogen (secondary N) is 1. The highest BCUT2D eigenvalue weighted by Gasteiger charge is 2.04. The molecule has 1 aromatic heterocycles. The van der Waals surface area contributed by atoms with Crippen molar-refractivity contribution in [2.75, 3.05) is 12.3 Å². The standard InChI is InChI=1S/C10H13N3S/c1-4-12-10(14-7-1)13-8-9-2-5-11-6-3-9/h2-3,5-6H,1,4,7-8H2,(H,12,13). The van der Waals surface area contributed by atoms with Crippen molar-refractivity contribution in [3.8, 4) is 0 Å². The average molecular weight is 207 g/mol. The van der Waals surface area contributed by atoms with E-state index < -0.39 is 0 Å². The summed E-state index contributed by atoms with van der Waals surface area (Å²) >= 11 is 1.81. The molecule has 0 atom stereocenters. The first kappa shape index (κ1) is 9.52. The van der Waals surface area contributed by atoms with Crippen molar-refractivity contribution in [2.24, 2.45) is 4.99 Å². The van der Waals surface area contributed by atoms with Gasteiger partial charge in [-0.05, 0) is 24.1 Å². The molecule has 14 heavy (non-hydrogen) atoms. The molecule has 1 aromatic rings. The van der Waals surface area contributed by atoms with Crippen LogP contribution >= 0.6 is 11.8 Å². The molecule has 0 radical (unpaired) electrons. The summed E-state index contributed by atoms with van der Waals surface area (Å²) in [6.45, 7) is 1.81. The van der Waals surface area contributed by atoms with Crippen LogP contribution in [-0.2, 0) is 6.54 Å². The number of rotatable bonds is 2. The van der Waals surface area contributed by atoms with E-state index in [0.717, 1.165) is 18.3 Å².